The third-order valence-corrected chi connectivity index (χ3v) is 8.38. The maximum atomic E-state index is 11.3. The van der Waals surface area contributed by atoms with E-state index in [4.69, 9.17) is 4.74 Å². The van der Waals surface area contributed by atoms with Crippen LogP contribution in [0.4, 0.5) is 0 Å². The molecule has 0 aliphatic heterocycles. The van der Waals surface area contributed by atoms with Crippen LogP contribution in [0.25, 0.3) is 0 Å². The van der Waals surface area contributed by atoms with Gasteiger partial charge in [0.1, 0.15) is 0 Å². The largest absolute Gasteiger partial charge is 0.396 e. The van der Waals surface area contributed by atoms with Crippen molar-refractivity contribution in [3.8, 4) is 0 Å². The Kier molecular flexibility index (Phi) is 11.7. The Morgan fingerprint density at radius 1 is 0.658 bits per heavy atom. The molecular formula is C34H58O4. The lowest BCUT2D eigenvalue weighted by Gasteiger charge is -2.33. The molecule has 2 aliphatic rings. The highest BCUT2D eigenvalue weighted by molar-refractivity contribution is 5.37. The SMILES string of the molecule is COC(C)(C)CCCCC1=CC(C)(C)C=C(CCC2=CC(C)(C)C=C(CCCCC(C)(C)CO)C2O)C1O. The molecule has 38 heavy (non-hydrogen) atoms. The Balaban J connectivity index is 1.98. The summed E-state index contributed by atoms with van der Waals surface area (Å²) in [4.78, 5) is 0. The first-order valence-electron chi connectivity index (χ1n) is 14.9. The molecule has 0 saturated carbocycles. The summed E-state index contributed by atoms with van der Waals surface area (Å²) in [5.41, 5.74) is 4.09. The minimum absolute atomic E-state index is 0.0416. The van der Waals surface area contributed by atoms with E-state index in [1.54, 1.807) is 7.11 Å². The molecule has 0 aromatic heterocycles. The van der Waals surface area contributed by atoms with Crippen molar-refractivity contribution in [3.63, 3.8) is 0 Å². The number of methoxy groups -OCH3 is 1. The molecule has 2 rings (SSSR count). The summed E-state index contributed by atoms with van der Waals surface area (Å²) in [5, 5.41) is 32.1. The maximum Gasteiger partial charge on any atom is 0.0961 e. The molecule has 2 aliphatic carbocycles. The summed E-state index contributed by atoms with van der Waals surface area (Å²) >= 11 is 0. The van der Waals surface area contributed by atoms with Crippen molar-refractivity contribution in [2.45, 2.75) is 137 Å². The van der Waals surface area contributed by atoms with Gasteiger partial charge in [-0.2, -0.15) is 0 Å². The molecule has 0 spiro atoms. The van der Waals surface area contributed by atoms with E-state index < -0.39 is 12.2 Å². The van der Waals surface area contributed by atoms with Crippen molar-refractivity contribution >= 4 is 0 Å². The minimum atomic E-state index is -0.539. The smallest absolute Gasteiger partial charge is 0.0961 e. The van der Waals surface area contributed by atoms with Crippen LogP contribution in [0.5, 0.6) is 0 Å². The quantitative estimate of drug-likeness (QED) is 0.149. The molecule has 4 heteroatoms. The number of ether oxygens (including phenoxy) is 1. The van der Waals surface area contributed by atoms with Gasteiger partial charge in [0.2, 0.25) is 0 Å². The van der Waals surface area contributed by atoms with Crippen molar-refractivity contribution in [1.29, 1.82) is 0 Å². The average Bonchev–Trinajstić information content (AvgIpc) is 2.82. The van der Waals surface area contributed by atoms with Crippen LogP contribution < -0.4 is 0 Å². The van der Waals surface area contributed by atoms with Gasteiger partial charge in [-0.3, -0.25) is 0 Å². The van der Waals surface area contributed by atoms with E-state index in [0.29, 0.717) is 0 Å². The first-order valence-corrected chi connectivity index (χ1v) is 14.9. The second-order valence-electron chi connectivity index (χ2n) is 14.5. The fourth-order valence-corrected chi connectivity index (χ4v) is 5.90. The van der Waals surface area contributed by atoms with Gasteiger partial charge >= 0.3 is 0 Å². The predicted octanol–water partition coefficient (Wildman–Crippen LogP) is 7.84. The van der Waals surface area contributed by atoms with Gasteiger partial charge in [-0.05, 0) is 92.9 Å². The molecule has 218 valence electrons. The number of rotatable bonds is 15. The lowest BCUT2D eigenvalue weighted by molar-refractivity contribution is 0.0135. The van der Waals surface area contributed by atoms with E-state index in [1.807, 2.05) is 0 Å². The highest BCUT2D eigenvalue weighted by Gasteiger charge is 2.30. The second kappa shape index (κ2) is 13.4. The van der Waals surface area contributed by atoms with Crippen LogP contribution in [0.3, 0.4) is 0 Å². The zero-order chi connectivity index (χ0) is 28.8. The van der Waals surface area contributed by atoms with Crippen molar-refractivity contribution < 1.29 is 20.1 Å². The predicted molar refractivity (Wildman–Crippen MR) is 160 cm³/mol. The van der Waals surface area contributed by atoms with E-state index in [2.05, 4.69) is 79.7 Å². The minimum Gasteiger partial charge on any atom is -0.396 e. The summed E-state index contributed by atoms with van der Waals surface area (Å²) in [6.45, 7) is 17.5. The highest BCUT2D eigenvalue weighted by atomic mass is 16.5. The van der Waals surface area contributed by atoms with E-state index >= 15 is 0 Å². The van der Waals surface area contributed by atoms with Crippen LogP contribution in [0, 0.1) is 16.2 Å². The fourth-order valence-electron chi connectivity index (χ4n) is 5.90. The summed E-state index contributed by atoms with van der Waals surface area (Å²) in [7, 11) is 1.77. The van der Waals surface area contributed by atoms with Crippen molar-refractivity contribution in [2.24, 2.45) is 16.2 Å². The standard InChI is InChI=1S/C34H58O4/c1-31(2,24-35)18-12-10-14-25-20-32(3,4)22-27(29(25)36)16-17-28-23-33(5,6)21-26(30(28)37)15-11-13-19-34(7,8)38-9/h20-23,29-30,35-37H,10-19,24H2,1-9H3. The van der Waals surface area contributed by atoms with Crippen LogP contribution in [-0.4, -0.2) is 46.8 Å². The van der Waals surface area contributed by atoms with Gasteiger partial charge in [-0.1, -0.05) is 78.7 Å². The Bertz CT molecular complexity index is 823. The first kappa shape index (κ1) is 33.0. The molecule has 3 N–H and O–H groups in total. The third kappa shape index (κ3) is 10.4. The Morgan fingerprint density at radius 3 is 1.39 bits per heavy atom. The van der Waals surface area contributed by atoms with E-state index in [9.17, 15) is 15.3 Å². The topological polar surface area (TPSA) is 69.9 Å². The maximum absolute atomic E-state index is 11.3. The zero-order valence-electron chi connectivity index (χ0n) is 26.0. The fraction of sp³-hybridized carbons (Fsp3) is 0.765. The van der Waals surface area contributed by atoms with Gasteiger partial charge in [0.25, 0.3) is 0 Å². The van der Waals surface area contributed by atoms with Crippen molar-refractivity contribution in [1.82, 2.24) is 0 Å². The molecule has 0 aromatic rings. The number of aliphatic hydroxyl groups excluding tert-OH is 3. The number of unbranched alkanes of at least 4 members (excludes halogenated alkanes) is 2. The van der Waals surface area contributed by atoms with Crippen LogP contribution in [-0.2, 0) is 4.74 Å². The molecule has 0 aromatic carbocycles. The molecule has 0 fully saturated rings. The van der Waals surface area contributed by atoms with Crippen LogP contribution in [0.2, 0.25) is 0 Å². The Morgan fingerprint density at radius 2 is 1.03 bits per heavy atom. The molecule has 2 unspecified atom stereocenters. The van der Waals surface area contributed by atoms with Gasteiger partial charge in [-0.15, -0.1) is 0 Å². The molecule has 0 amide bonds. The molecule has 0 saturated heterocycles. The number of allylic oxidation sites excluding steroid dienone is 4. The number of hydrogen-bond acceptors (Lipinski definition) is 4. The first-order chi connectivity index (χ1) is 17.5. The Hall–Kier alpha value is -1.20. The summed E-state index contributed by atoms with van der Waals surface area (Å²) in [6.07, 6.45) is 17.4. The van der Waals surface area contributed by atoms with Crippen molar-refractivity contribution in [2.75, 3.05) is 13.7 Å². The highest BCUT2D eigenvalue weighted by Crippen LogP contribution is 2.40. The third-order valence-electron chi connectivity index (χ3n) is 8.38. The van der Waals surface area contributed by atoms with Gasteiger partial charge < -0.3 is 20.1 Å². The number of aliphatic hydroxyl groups is 3. The zero-order valence-corrected chi connectivity index (χ0v) is 26.0. The Labute approximate surface area is 234 Å². The summed E-state index contributed by atoms with van der Waals surface area (Å²) in [6, 6.07) is 0. The van der Waals surface area contributed by atoms with Gasteiger partial charge in [0.15, 0.2) is 0 Å². The lowest BCUT2D eigenvalue weighted by atomic mass is 9.75. The lowest BCUT2D eigenvalue weighted by Crippen LogP contribution is -2.26. The molecule has 4 nitrogen and oxygen atoms in total. The molecular weight excluding hydrogens is 472 g/mol. The van der Waals surface area contributed by atoms with Crippen LogP contribution >= 0.6 is 0 Å². The summed E-state index contributed by atoms with van der Waals surface area (Å²) in [5.74, 6) is 0. The van der Waals surface area contributed by atoms with E-state index in [1.165, 1.54) is 0 Å². The normalized spacial score (nSPS) is 23.5. The van der Waals surface area contributed by atoms with Crippen LogP contribution in [0.15, 0.2) is 46.6 Å². The van der Waals surface area contributed by atoms with Crippen molar-refractivity contribution in [3.05, 3.63) is 46.6 Å². The molecule has 0 radical (unpaired) electrons. The van der Waals surface area contributed by atoms with E-state index in [-0.39, 0.29) is 28.5 Å². The molecule has 0 heterocycles. The molecule has 0 bridgehead atoms. The average molecular weight is 531 g/mol. The monoisotopic (exact) mass is 530 g/mol. The van der Waals surface area contributed by atoms with Gasteiger partial charge in [-0.25, -0.2) is 0 Å². The number of hydrogen-bond donors (Lipinski definition) is 3. The van der Waals surface area contributed by atoms with Crippen LogP contribution in [0.1, 0.15) is 120 Å². The van der Waals surface area contributed by atoms with Gasteiger partial charge in [0.05, 0.1) is 17.8 Å². The van der Waals surface area contributed by atoms with E-state index in [0.717, 1.165) is 86.5 Å². The second-order valence-corrected chi connectivity index (χ2v) is 14.5. The van der Waals surface area contributed by atoms with Gasteiger partial charge in [0, 0.05) is 24.5 Å². The summed E-state index contributed by atoms with van der Waals surface area (Å²) < 4.78 is 5.55. The molecule has 2 atom stereocenters.